The first-order valence-corrected chi connectivity index (χ1v) is 4.58. The van der Waals surface area contributed by atoms with Crippen LogP contribution in [0.15, 0.2) is 0 Å². The molecule has 1 aromatic rings. The molecular weight excluding hydrogens is 278 g/mol. The van der Waals surface area contributed by atoms with E-state index in [1.54, 1.807) is 0 Å². The summed E-state index contributed by atoms with van der Waals surface area (Å²) >= 11 is 7.85. The monoisotopic (exact) mass is 282 g/mol. The van der Waals surface area contributed by atoms with Crippen LogP contribution in [0.4, 0.5) is 0 Å². The lowest BCUT2D eigenvalue weighted by Crippen LogP contribution is -1.92. The zero-order valence-electron chi connectivity index (χ0n) is 5.47. The molecule has 0 atom stereocenters. The van der Waals surface area contributed by atoms with Gasteiger partial charge in [-0.05, 0) is 0 Å². The molecule has 1 aliphatic heterocycles. The van der Waals surface area contributed by atoms with Crippen LogP contribution in [-0.2, 0) is 6.42 Å². The van der Waals surface area contributed by atoms with E-state index >= 15 is 0 Å². The van der Waals surface area contributed by atoms with Crippen LogP contribution in [0.1, 0.15) is 5.56 Å². The van der Waals surface area contributed by atoms with Gasteiger partial charge in [-0.25, -0.2) is 4.98 Å². The first-order valence-electron chi connectivity index (χ1n) is 3.12. The van der Waals surface area contributed by atoms with Gasteiger partial charge in [0, 0.05) is 29.0 Å². The van der Waals surface area contributed by atoms with Crippen LogP contribution < -0.4 is 4.74 Å². The maximum absolute atomic E-state index is 5.84. The van der Waals surface area contributed by atoms with Crippen molar-refractivity contribution in [2.45, 2.75) is 6.42 Å². The zero-order valence-corrected chi connectivity index (χ0v) is 8.39. The van der Waals surface area contributed by atoms with Gasteiger partial charge in [0.25, 0.3) is 0 Å². The fraction of sp³-hybridized carbons (Fsp3) is 0.333. The van der Waals surface area contributed by atoms with Gasteiger partial charge in [-0.2, -0.15) is 4.98 Å². The van der Waals surface area contributed by atoms with Gasteiger partial charge in [0.2, 0.25) is 5.88 Å². The Bertz CT molecular complexity index is 305. The molecule has 58 valence electrons. The topological polar surface area (TPSA) is 35.0 Å². The van der Waals surface area contributed by atoms with Gasteiger partial charge in [-0.3, -0.25) is 0 Å². The number of nitrogens with zero attached hydrogens (tertiary/aromatic N) is 2. The average molecular weight is 282 g/mol. The minimum Gasteiger partial charge on any atom is -0.477 e. The Kier molecular flexibility index (Phi) is 1.88. The van der Waals surface area contributed by atoms with Crippen LogP contribution in [0.2, 0.25) is 5.15 Å². The Labute approximate surface area is 82.3 Å². The molecule has 2 heterocycles. The minimum absolute atomic E-state index is 0.525. The number of hydrogen-bond acceptors (Lipinski definition) is 3. The lowest BCUT2D eigenvalue weighted by atomic mass is 10.3. The third-order valence-electron chi connectivity index (χ3n) is 1.48. The van der Waals surface area contributed by atoms with E-state index in [-0.39, 0.29) is 0 Å². The summed E-state index contributed by atoms with van der Waals surface area (Å²) < 4.78 is 5.85. The Morgan fingerprint density at radius 3 is 3.09 bits per heavy atom. The molecular formula is C6H4ClIN2O. The van der Waals surface area contributed by atoms with E-state index in [1.807, 2.05) is 22.6 Å². The van der Waals surface area contributed by atoms with Crippen molar-refractivity contribution < 1.29 is 4.74 Å². The molecule has 0 saturated carbocycles. The molecule has 0 fully saturated rings. The largest absolute Gasteiger partial charge is 0.477 e. The fourth-order valence-corrected chi connectivity index (χ4v) is 1.85. The van der Waals surface area contributed by atoms with Crippen molar-refractivity contribution in [1.29, 1.82) is 0 Å². The molecule has 0 aliphatic carbocycles. The standard InChI is InChI=1S/C6H4ClIN2O/c7-4-3-1-2-11-5(3)10-6(8)9-4/h1-2H2. The Morgan fingerprint density at radius 1 is 1.45 bits per heavy atom. The van der Waals surface area contributed by atoms with E-state index in [0.717, 1.165) is 12.0 Å². The Morgan fingerprint density at radius 2 is 2.27 bits per heavy atom. The van der Waals surface area contributed by atoms with E-state index in [9.17, 15) is 0 Å². The molecule has 3 nitrogen and oxygen atoms in total. The molecule has 0 bridgehead atoms. The van der Waals surface area contributed by atoms with E-state index in [1.165, 1.54) is 0 Å². The lowest BCUT2D eigenvalue weighted by Gasteiger charge is -1.98. The van der Waals surface area contributed by atoms with Crippen molar-refractivity contribution in [3.8, 4) is 5.88 Å². The zero-order chi connectivity index (χ0) is 7.84. The number of rotatable bonds is 0. The Hall–Kier alpha value is -0.100. The first kappa shape index (κ1) is 7.54. The van der Waals surface area contributed by atoms with Crippen LogP contribution in [0.3, 0.4) is 0 Å². The quantitative estimate of drug-likeness (QED) is 0.412. The molecule has 0 aromatic carbocycles. The van der Waals surface area contributed by atoms with Crippen molar-refractivity contribution in [3.05, 3.63) is 14.5 Å². The van der Waals surface area contributed by atoms with Crippen molar-refractivity contribution in [2.24, 2.45) is 0 Å². The van der Waals surface area contributed by atoms with Crippen LogP contribution in [-0.4, -0.2) is 16.6 Å². The highest BCUT2D eigenvalue weighted by Gasteiger charge is 2.18. The number of halogens is 2. The number of hydrogen-bond donors (Lipinski definition) is 0. The number of aromatic nitrogens is 2. The lowest BCUT2D eigenvalue weighted by molar-refractivity contribution is 0.344. The molecule has 1 aromatic heterocycles. The van der Waals surface area contributed by atoms with Crippen LogP contribution in [0.25, 0.3) is 0 Å². The molecule has 0 saturated heterocycles. The summed E-state index contributed by atoms with van der Waals surface area (Å²) in [7, 11) is 0. The SMILES string of the molecule is Clc1nc(I)nc2c1CCO2. The van der Waals surface area contributed by atoms with E-state index < -0.39 is 0 Å². The molecule has 0 amide bonds. The van der Waals surface area contributed by atoms with Gasteiger partial charge >= 0.3 is 0 Å². The summed E-state index contributed by atoms with van der Waals surface area (Å²) in [5, 5.41) is 0.525. The van der Waals surface area contributed by atoms with E-state index in [0.29, 0.717) is 21.5 Å². The highest BCUT2D eigenvalue weighted by Crippen LogP contribution is 2.28. The first-order chi connectivity index (χ1) is 5.27. The summed E-state index contributed by atoms with van der Waals surface area (Å²) in [6, 6.07) is 0. The van der Waals surface area contributed by atoms with Crippen molar-refractivity contribution >= 4 is 34.2 Å². The van der Waals surface area contributed by atoms with Gasteiger partial charge in [0.1, 0.15) is 5.15 Å². The maximum atomic E-state index is 5.84. The van der Waals surface area contributed by atoms with Crippen LogP contribution in [0.5, 0.6) is 5.88 Å². The highest BCUT2D eigenvalue weighted by molar-refractivity contribution is 14.1. The molecule has 0 unspecified atom stereocenters. The number of ether oxygens (including phenoxy) is 1. The van der Waals surface area contributed by atoms with Crippen LogP contribution >= 0.6 is 34.2 Å². The van der Waals surface area contributed by atoms with Gasteiger partial charge in [0.05, 0.1) is 12.2 Å². The second kappa shape index (κ2) is 2.75. The second-order valence-corrected chi connectivity index (χ2v) is 3.49. The molecule has 11 heavy (non-hydrogen) atoms. The third-order valence-corrected chi connectivity index (χ3v) is 2.28. The summed E-state index contributed by atoms with van der Waals surface area (Å²) in [6.45, 7) is 0.670. The van der Waals surface area contributed by atoms with Crippen molar-refractivity contribution in [3.63, 3.8) is 0 Å². The minimum atomic E-state index is 0.525. The smallest absolute Gasteiger partial charge is 0.222 e. The Balaban J connectivity index is 2.60. The van der Waals surface area contributed by atoms with Crippen molar-refractivity contribution in [2.75, 3.05) is 6.61 Å². The average Bonchev–Trinajstić information content (AvgIpc) is 2.34. The summed E-state index contributed by atoms with van der Waals surface area (Å²) in [5.74, 6) is 0.648. The normalized spacial score (nSPS) is 14.4. The van der Waals surface area contributed by atoms with E-state index in [2.05, 4.69) is 9.97 Å². The highest BCUT2D eigenvalue weighted by atomic mass is 127. The second-order valence-electron chi connectivity index (χ2n) is 2.17. The summed E-state index contributed by atoms with van der Waals surface area (Å²) in [5.41, 5.74) is 0.937. The maximum Gasteiger partial charge on any atom is 0.222 e. The molecule has 0 radical (unpaired) electrons. The summed E-state index contributed by atoms with van der Waals surface area (Å²) in [4.78, 5) is 8.09. The molecule has 5 heteroatoms. The third kappa shape index (κ3) is 1.29. The van der Waals surface area contributed by atoms with Gasteiger partial charge in [-0.1, -0.05) is 11.6 Å². The van der Waals surface area contributed by atoms with E-state index in [4.69, 9.17) is 16.3 Å². The predicted octanol–water partition coefficient (Wildman–Crippen LogP) is 1.67. The number of fused-ring (bicyclic) bond motifs is 1. The fourth-order valence-electron chi connectivity index (χ4n) is 0.992. The van der Waals surface area contributed by atoms with Crippen LogP contribution in [0, 0.1) is 3.83 Å². The van der Waals surface area contributed by atoms with Gasteiger partial charge in [0.15, 0.2) is 3.83 Å². The molecule has 0 spiro atoms. The molecule has 1 aliphatic rings. The molecule has 0 N–H and O–H groups in total. The summed E-state index contributed by atoms with van der Waals surface area (Å²) in [6.07, 6.45) is 0.824. The van der Waals surface area contributed by atoms with Gasteiger partial charge in [-0.15, -0.1) is 0 Å². The van der Waals surface area contributed by atoms with Gasteiger partial charge < -0.3 is 4.74 Å². The predicted molar refractivity (Wildman–Crippen MR) is 49.0 cm³/mol. The van der Waals surface area contributed by atoms with Crippen molar-refractivity contribution in [1.82, 2.24) is 9.97 Å². The molecule has 2 rings (SSSR count).